The van der Waals surface area contributed by atoms with Crippen molar-refractivity contribution >= 4 is 29.3 Å². The number of urea groups is 1. The average Bonchev–Trinajstić information content (AvgIpc) is 3.02. The lowest BCUT2D eigenvalue weighted by atomic mass is 9.91. The van der Waals surface area contributed by atoms with E-state index in [1.807, 2.05) is 13.8 Å². The zero-order valence-electron chi connectivity index (χ0n) is 19.9. The highest BCUT2D eigenvalue weighted by Gasteiger charge is 2.49. The Labute approximate surface area is 198 Å². The summed E-state index contributed by atoms with van der Waals surface area (Å²) in [5.41, 5.74) is 0.0295. The summed E-state index contributed by atoms with van der Waals surface area (Å²) < 4.78 is 10.5. The molecular weight excluding hydrogens is 438 g/mol. The minimum Gasteiger partial charge on any atom is -0.493 e. The summed E-state index contributed by atoms with van der Waals surface area (Å²) in [4.78, 5) is 51.4. The number of imide groups is 1. The molecule has 1 atom stereocenters. The maximum Gasteiger partial charge on any atom is 0.325 e. The van der Waals surface area contributed by atoms with Crippen molar-refractivity contribution in [3.63, 3.8) is 0 Å². The molecule has 0 unspecified atom stereocenters. The number of hydrogen-bond donors (Lipinski definition) is 2. The van der Waals surface area contributed by atoms with E-state index in [0.717, 1.165) is 4.90 Å². The summed E-state index contributed by atoms with van der Waals surface area (Å²) in [6, 6.07) is 10.6. The Morgan fingerprint density at radius 2 is 1.68 bits per heavy atom. The molecule has 34 heavy (non-hydrogen) atoms. The molecule has 3 rings (SSSR count). The molecule has 2 aromatic carbocycles. The maximum atomic E-state index is 13.2. The van der Waals surface area contributed by atoms with E-state index in [1.165, 1.54) is 14.2 Å². The molecule has 0 spiro atoms. The second-order valence-electron chi connectivity index (χ2n) is 8.66. The van der Waals surface area contributed by atoms with Crippen molar-refractivity contribution in [2.75, 3.05) is 26.1 Å². The largest absolute Gasteiger partial charge is 0.493 e. The lowest BCUT2D eigenvalue weighted by Crippen LogP contribution is -2.41. The number of benzene rings is 2. The van der Waals surface area contributed by atoms with Gasteiger partial charge in [-0.15, -0.1) is 0 Å². The normalized spacial score (nSPS) is 17.5. The number of Topliss-reactive ketones (excluding diaryl/α,β-unsaturated/α-hetero) is 1. The first kappa shape index (κ1) is 24.8. The first-order chi connectivity index (χ1) is 16.1. The Morgan fingerprint density at radius 3 is 2.26 bits per heavy atom. The minimum absolute atomic E-state index is 0.108. The Morgan fingerprint density at radius 1 is 1.03 bits per heavy atom. The fourth-order valence-corrected chi connectivity index (χ4v) is 3.74. The molecule has 0 aliphatic carbocycles. The van der Waals surface area contributed by atoms with Crippen molar-refractivity contribution in [1.82, 2.24) is 10.2 Å². The van der Waals surface area contributed by atoms with E-state index in [9.17, 15) is 19.2 Å². The van der Waals surface area contributed by atoms with Crippen molar-refractivity contribution < 1.29 is 28.7 Å². The number of rotatable bonds is 9. The molecular formula is C25H29N3O6. The van der Waals surface area contributed by atoms with E-state index in [1.54, 1.807) is 49.4 Å². The second-order valence-corrected chi connectivity index (χ2v) is 8.66. The molecule has 0 radical (unpaired) electrons. The maximum absolute atomic E-state index is 13.2. The molecule has 1 aliphatic rings. The van der Waals surface area contributed by atoms with Gasteiger partial charge in [-0.1, -0.05) is 19.9 Å². The summed E-state index contributed by atoms with van der Waals surface area (Å²) in [6.45, 7) is 5.07. The molecule has 1 fully saturated rings. The molecule has 1 heterocycles. The molecule has 0 aromatic heterocycles. The Bertz CT molecular complexity index is 1110. The minimum atomic E-state index is -1.36. The molecule has 2 N–H and O–H groups in total. The first-order valence-corrected chi connectivity index (χ1v) is 10.9. The Hall–Kier alpha value is -3.88. The number of methoxy groups -OCH3 is 2. The van der Waals surface area contributed by atoms with Crippen LogP contribution in [0.5, 0.6) is 11.5 Å². The quantitative estimate of drug-likeness (QED) is 0.432. The molecule has 180 valence electrons. The van der Waals surface area contributed by atoms with Gasteiger partial charge in [0.2, 0.25) is 5.91 Å². The van der Waals surface area contributed by atoms with Crippen molar-refractivity contribution in [2.24, 2.45) is 5.92 Å². The van der Waals surface area contributed by atoms with Gasteiger partial charge in [0.1, 0.15) is 5.54 Å². The van der Waals surface area contributed by atoms with E-state index >= 15 is 0 Å². The van der Waals surface area contributed by atoms with E-state index in [-0.39, 0.29) is 11.8 Å². The van der Waals surface area contributed by atoms with Gasteiger partial charge in [0.05, 0.1) is 20.8 Å². The predicted octanol–water partition coefficient (Wildman–Crippen LogP) is 3.34. The molecule has 4 amide bonds. The molecule has 9 nitrogen and oxygen atoms in total. The number of amides is 4. The highest BCUT2D eigenvalue weighted by molar-refractivity contribution is 6.11. The molecule has 9 heteroatoms. The van der Waals surface area contributed by atoms with Crippen LogP contribution in [-0.4, -0.2) is 49.3 Å². The number of nitrogens with one attached hydrogen (secondary N) is 2. The Balaban J connectivity index is 1.73. The van der Waals surface area contributed by atoms with Gasteiger partial charge in [-0.3, -0.25) is 19.3 Å². The monoisotopic (exact) mass is 467 g/mol. The highest BCUT2D eigenvalue weighted by Crippen LogP contribution is 2.35. The van der Waals surface area contributed by atoms with E-state index < -0.39 is 29.8 Å². The van der Waals surface area contributed by atoms with Crippen LogP contribution in [0, 0.1) is 5.92 Å². The number of anilines is 1. The summed E-state index contributed by atoms with van der Waals surface area (Å²) in [5.74, 6) is 0.0779. The van der Waals surface area contributed by atoms with E-state index in [4.69, 9.17) is 9.47 Å². The number of ketones is 1. The molecule has 0 saturated carbocycles. The van der Waals surface area contributed by atoms with Crippen LogP contribution in [0.25, 0.3) is 0 Å². The van der Waals surface area contributed by atoms with Crippen LogP contribution in [0.15, 0.2) is 42.5 Å². The van der Waals surface area contributed by atoms with Crippen LogP contribution in [-0.2, 0) is 15.1 Å². The van der Waals surface area contributed by atoms with Gasteiger partial charge in [-0.05, 0) is 54.8 Å². The van der Waals surface area contributed by atoms with Gasteiger partial charge in [-0.2, -0.15) is 0 Å². The number of carbonyl (C=O) groups is 4. The predicted molar refractivity (Wildman–Crippen MR) is 126 cm³/mol. The molecule has 0 bridgehead atoms. The smallest absolute Gasteiger partial charge is 0.325 e. The van der Waals surface area contributed by atoms with E-state index in [2.05, 4.69) is 10.6 Å². The van der Waals surface area contributed by atoms with Crippen LogP contribution < -0.4 is 20.1 Å². The van der Waals surface area contributed by atoms with Crippen molar-refractivity contribution in [2.45, 2.75) is 32.7 Å². The summed E-state index contributed by atoms with van der Waals surface area (Å²) in [7, 11) is 2.98. The molecule has 1 aliphatic heterocycles. The lowest BCUT2D eigenvalue weighted by molar-refractivity contribution is -0.130. The number of carbonyl (C=O) groups excluding carboxylic acids is 4. The zero-order valence-corrected chi connectivity index (χ0v) is 19.9. The fraction of sp³-hybridized carbons (Fsp3) is 0.360. The number of hydrogen-bond acceptors (Lipinski definition) is 6. The third-order valence-electron chi connectivity index (χ3n) is 5.62. The van der Waals surface area contributed by atoms with Crippen molar-refractivity contribution in [1.29, 1.82) is 0 Å². The Kier molecular flexibility index (Phi) is 7.24. The van der Waals surface area contributed by atoms with E-state index in [0.29, 0.717) is 34.7 Å². The summed E-state index contributed by atoms with van der Waals surface area (Å²) in [6.07, 6.45) is 0.395. The van der Waals surface area contributed by atoms with Gasteiger partial charge < -0.3 is 20.1 Å². The zero-order chi connectivity index (χ0) is 25.0. The average molecular weight is 468 g/mol. The fourth-order valence-electron chi connectivity index (χ4n) is 3.74. The van der Waals surface area contributed by atoms with Gasteiger partial charge in [0, 0.05) is 17.7 Å². The van der Waals surface area contributed by atoms with Crippen LogP contribution >= 0.6 is 0 Å². The highest BCUT2D eigenvalue weighted by atomic mass is 16.5. The van der Waals surface area contributed by atoms with Gasteiger partial charge in [-0.25, -0.2) is 4.79 Å². The molecule has 1 saturated heterocycles. The molecule has 2 aromatic rings. The van der Waals surface area contributed by atoms with Crippen LogP contribution in [0.3, 0.4) is 0 Å². The van der Waals surface area contributed by atoms with Crippen LogP contribution in [0.1, 0.15) is 43.1 Å². The lowest BCUT2D eigenvalue weighted by Gasteiger charge is -2.23. The topological polar surface area (TPSA) is 114 Å². The summed E-state index contributed by atoms with van der Waals surface area (Å²) >= 11 is 0. The second kappa shape index (κ2) is 9.94. The van der Waals surface area contributed by atoms with Gasteiger partial charge in [0.25, 0.3) is 5.91 Å². The third-order valence-corrected chi connectivity index (χ3v) is 5.62. The first-order valence-electron chi connectivity index (χ1n) is 10.9. The summed E-state index contributed by atoms with van der Waals surface area (Å²) in [5, 5.41) is 5.45. The third kappa shape index (κ3) is 5.03. The van der Waals surface area contributed by atoms with Crippen molar-refractivity contribution in [3.8, 4) is 11.5 Å². The number of nitrogens with zero attached hydrogens (tertiary/aromatic N) is 1. The van der Waals surface area contributed by atoms with Gasteiger partial charge >= 0.3 is 6.03 Å². The van der Waals surface area contributed by atoms with Gasteiger partial charge in [0.15, 0.2) is 17.3 Å². The van der Waals surface area contributed by atoms with Crippen molar-refractivity contribution in [3.05, 3.63) is 53.6 Å². The standard InChI is InChI=1S/C25H29N3O6/c1-15(2)12-22(30)26-18-9-6-16(7-10-18)19(29)14-28-23(31)25(3,27-24(28)32)17-8-11-20(33-4)21(13-17)34-5/h6-11,13,15H,12,14H2,1-5H3,(H,26,30)(H,27,32)/t25-/m0/s1. The number of ether oxygens (including phenoxy) is 2. The SMILES string of the molecule is COc1ccc([C@]2(C)NC(=O)N(CC(=O)c3ccc(NC(=O)CC(C)C)cc3)C2=O)cc1OC. The van der Waals surface area contributed by atoms with Crippen LogP contribution in [0.2, 0.25) is 0 Å². The van der Waals surface area contributed by atoms with Crippen LogP contribution in [0.4, 0.5) is 10.5 Å².